The highest BCUT2D eigenvalue weighted by Gasteiger charge is 2.63. The molecule has 0 spiro atoms. The molecule has 4 atom stereocenters. The molecular weight excluding hydrogens is 1090 g/mol. The van der Waals surface area contributed by atoms with Crippen molar-refractivity contribution in [1.82, 2.24) is 0 Å². The van der Waals surface area contributed by atoms with Crippen molar-refractivity contribution in [1.29, 1.82) is 0 Å². The summed E-state index contributed by atoms with van der Waals surface area (Å²) < 4.78 is 0. The summed E-state index contributed by atoms with van der Waals surface area (Å²) in [4.78, 5) is 11.1. The lowest BCUT2D eigenvalue weighted by molar-refractivity contribution is 0.215. The SMILES string of the molecule is Cc1ccc2c(c1)C1(c3ccccc3)CCCCC1(C)N2c1ccc2c(c1)B1c3ccc(C(C)(C)C)cc3N(c3cccc(C(C)(C)C)c3)c3cc(N4c5ccc(C(C)(C)C)cc5C5(c6ccccc6)CCCCC45C)cc(c31)N2c1ccc(C(C)(C)C)cc1. The molecule has 0 bridgehead atoms. The normalized spacial score (nSPS) is 22.5. The first-order valence-electron chi connectivity index (χ1n) is 34.0. The van der Waals surface area contributed by atoms with Crippen molar-refractivity contribution in [3.05, 3.63) is 244 Å². The average Bonchev–Trinajstić information content (AvgIpc) is 1.32. The lowest BCUT2D eigenvalue weighted by Gasteiger charge is -2.53. The molecule has 0 amide bonds. The van der Waals surface area contributed by atoms with Gasteiger partial charge in [-0.3, -0.25) is 0 Å². The maximum atomic E-state index is 2.87. The van der Waals surface area contributed by atoms with Gasteiger partial charge in [0.1, 0.15) is 0 Å². The van der Waals surface area contributed by atoms with Gasteiger partial charge < -0.3 is 19.6 Å². The van der Waals surface area contributed by atoms with Crippen LogP contribution >= 0.6 is 0 Å². The highest BCUT2D eigenvalue weighted by Crippen LogP contribution is 2.66. The molecule has 5 heteroatoms. The second-order valence-corrected chi connectivity index (χ2v) is 32.5. The summed E-state index contributed by atoms with van der Waals surface area (Å²) in [7, 11) is 0. The van der Waals surface area contributed by atoms with Crippen LogP contribution in [0.4, 0.5) is 56.9 Å². The summed E-state index contributed by atoms with van der Waals surface area (Å²) in [5, 5.41) is 0. The van der Waals surface area contributed by atoms with Gasteiger partial charge in [-0.25, -0.2) is 0 Å². The van der Waals surface area contributed by atoms with Crippen LogP contribution in [0.3, 0.4) is 0 Å². The van der Waals surface area contributed by atoms with Crippen LogP contribution in [0.15, 0.2) is 194 Å². The fraction of sp³-hybridized carbons (Fsp3) is 0.365. The molecule has 4 unspecified atom stereocenters. The number of hydrogen-bond acceptors (Lipinski definition) is 4. The van der Waals surface area contributed by atoms with E-state index in [0.29, 0.717) is 0 Å². The Kier molecular flexibility index (Phi) is 13.1. The van der Waals surface area contributed by atoms with Gasteiger partial charge >= 0.3 is 0 Å². The maximum absolute atomic E-state index is 2.87. The van der Waals surface area contributed by atoms with Crippen LogP contribution in [0.2, 0.25) is 0 Å². The molecule has 0 N–H and O–H groups in total. The van der Waals surface area contributed by atoms with Gasteiger partial charge in [-0.2, -0.15) is 0 Å². The first-order chi connectivity index (χ1) is 42.8. The third-order valence-corrected chi connectivity index (χ3v) is 23.1. The fourth-order valence-electron chi connectivity index (χ4n) is 18.4. The van der Waals surface area contributed by atoms with Gasteiger partial charge in [-0.1, -0.05) is 236 Å². The van der Waals surface area contributed by atoms with E-state index in [-0.39, 0.29) is 50.3 Å². The minimum Gasteiger partial charge on any atom is -0.334 e. The molecular formula is C85H93BN4. The van der Waals surface area contributed by atoms with Gasteiger partial charge in [-0.15, -0.1) is 0 Å². The van der Waals surface area contributed by atoms with E-state index in [1.807, 2.05) is 0 Å². The molecule has 0 radical (unpaired) electrons. The number of aryl methyl sites for hydroxylation is 1. The Balaban J connectivity index is 1.06. The summed E-state index contributed by atoms with van der Waals surface area (Å²) in [6.45, 7) is 35.8. The molecule has 9 aromatic carbocycles. The number of fused-ring (bicyclic) bond motifs is 10. The molecule has 4 nitrogen and oxygen atoms in total. The predicted octanol–water partition coefficient (Wildman–Crippen LogP) is 20.8. The molecule has 0 saturated heterocycles. The smallest absolute Gasteiger partial charge is 0.252 e. The van der Waals surface area contributed by atoms with Gasteiger partial charge in [-0.05, 0) is 202 Å². The van der Waals surface area contributed by atoms with E-state index in [4.69, 9.17) is 0 Å². The molecule has 0 aromatic heterocycles. The maximum Gasteiger partial charge on any atom is 0.252 e. The Bertz CT molecular complexity index is 4320. The highest BCUT2D eigenvalue weighted by atomic mass is 15.3. The molecule has 2 aliphatic carbocycles. The average molecular weight is 1180 g/mol. The first kappa shape index (κ1) is 58.6. The quantitative estimate of drug-likeness (QED) is 0.154. The Hall–Kier alpha value is -7.76. The zero-order valence-corrected chi connectivity index (χ0v) is 56.5. The van der Waals surface area contributed by atoms with Crippen LogP contribution in [-0.4, -0.2) is 17.8 Å². The van der Waals surface area contributed by atoms with Gasteiger partial charge in [0, 0.05) is 67.7 Å². The minimum atomic E-state index is -0.301. The topological polar surface area (TPSA) is 13.0 Å². The van der Waals surface area contributed by atoms with E-state index in [9.17, 15) is 0 Å². The standard InChI is InChI=1S/C85H93BN4/c1-56-33-42-71-67(49-56)84(58-27-18-16-19-28-58)47-24-22-45-82(84,14)89(71)65-40-44-73-70(53-65)86-69-41-36-62(81(11,12)13)52-74(69)88(64-32-26-31-60(50-64)79(5,6)7)76-55-66(54-75(77(76)86)87(73)63-38-34-57(35-39-63)78(2,3)4)90-72-43-37-61(80(8,9)10)51-68(72)85(59-29-20-17-21-30-59)48-25-23-46-83(85,90)15/h16-21,26-44,49-55H,22-25,45-48H2,1-15H3. The molecule has 2 saturated carbocycles. The van der Waals surface area contributed by atoms with E-state index in [2.05, 4.69) is 318 Å². The molecule has 4 aliphatic heterocycles. The summed E-state index contributed by atoms with van der Waals surface area (Å²) in [6, 6.07) is 78.0. The van der Waals surface area contributed by atoms with Crippen molar-refractivity contribution >= 4 is 80.0 Å². The van der Waals surface area contributed by atoms with E-state index >= 15 is 0 Å². The van der Waals surface area contributed by atoms with Crippen LogP contribution in [0, 0.1) is 6.92 Å². The van der Waals surface area contributed by atoms with Crippen LogP contribution in [0.25, 0.3) is 0 Å². The van der Waals surface area contributed by atoms with Crippen molar-refractivity contribution in [3.63, 3.8) is 0 Å². The fourth-order valence-corrected chi connectivity index (χ4v) is 18.4. The largest absolute Gasteiger partial charge is 0.334 e. The van der Waals surface area contributed by atoms with E-state index < -0.39 is 0 Å². The van der Waals surface area contributed by atoms with Crippen LogP contribution in [-0.2, 0) is 32.5 Å². The lowest BCUT2D eigenvalue weighted by Crippen LogP contribution is -2.62. The zero-order valence-electron chi connectivity index (χ0n) is 56.5. The third-order valence-electron chi connectivity index (χ3n) is 23.1. The van der Waals surface area contributed by atoms with Gasteiger partial charge in [0.05, 0.1) is 11.1 Å². The van der Waals surface area contributed by atoms with Crippen molar-refractivity contribution in [2.75, 3.05) is 19.6 Å². The molecule has 90 heavy (non-hydrogen) atoms. The summed E-state index contributed by atoms with van der Waals surface area (Å²) >= 11 is 0. The third kappa shape index (κ3) is 8.45. The number of anilines is 10. The summed E-state index contributed by atoms with van der Waals surface area (Å²) in [5.74, 6) is 0. The van der Waals surface area contributed by atoms with Crippen molar-refractivity contribution in [2.24, 2.45) is 0 Å². The molecule has 15 rings (SSSR count). The summed E-state index contributed by atoms with van der Waals surface area (Å²) in [6.07, 6.45) is 9.13. The summed E-state index contributed by atoms with van der Waals surface area (Å²) in [5.41, 5.74) is 27.9. The van der Waals surface area contributed by atoms with Gasteiger partial charge in [0.25, 0.3) is 6.71 Å². The predicted molar refractivity (Wildman–Crippen MR) is 385 cm³/mol. The van der Waals surface area contributed by atoms with Crippen LogP contribution < -0.4 is 36.0 Å². The molecule has 2 fully saturated rings. The second kappa shape index (κ2) is 20.1. The Labute approximate surface area is 539 Å². The number of hydrogen-bond donors (Lipinski definition) is 0. The Morgan fingerprint density at radius 2 is 0.800 bits per heavy atom. The molecule has 9 aromatic rings. The molecule has 456 valence electrons. The lowest BCUT2D eigenvalue weighted by atomic mass is 9.33. The van der Waals surface area contributed by atoms with Crippen molar-refractivity contribution in [2.45, 2.75) is 199 Å². The number of nitrogens with zero attached hydrogens (tertiary/aromatic N) is 4. The minimum absolute atomic E-state index is 0.0133. The van der Waals surface area contributed by atoms with E-state index in [1.165, 1.54) is 149 Å². The number of rotatable bonds is 6. The van der Waals surface area contributed by atoms with Crippen molar-refractivity contribution < 1.29 is 0 Å². The molecule has 6 aliphatic rings. The van der Waals surface area contributed by atoms with Crippen molar-refractivity contribution in [3.8, 4) is 0 Å². The molecule has 4 heterocycles. The monoisotopic (exact) mass is 1180 g/mol. The first-order valence-corrected chi connectivity index (χ1v) is 34.0. The number of benzene rings is 9. The van der Waals surface area contributed by atoms with Crippen LogP contribution in [0.5, 0.6) is 0 Å². The zero-order chi connectivity index (χ0) is 62.9. The van der Waals surface area contributed by atoms with E-state index in [0.717, 1.165) is 25.7 Å². The van der Waals surface area contributed by atoms with Crippen LogP contribution in [0.1, 0.15) is 198 Å². The highest BCUT2D eigenvalue weighted by molar-refractivity contribution is 7.00. The Morgan fingerprint density at radius 1 is 0.333 bits per heavy atom. The van der Waals surface area contributed by atoms with Gasteiger partial charge in [0.15, 0.2) is 0 Å². The Morgan fingerprint density at radius 3 is 1.38 bits per heavy atom. The van der Waals surface area contributed by atoms with Gasteiger partial charge in [0.2, 0.25) is 0 Å². The second-order valence-electron chi connectivity index (χ2n) is 32.5. The van der Waals surface area contributed by atoms with E-state index in [1.54, 1.807) is 0 Å².